The predicted molar refractivity (Wildman–Crippen MR) is 75.6 cm³/mol. The van der Waals surface area contributed by atoms with E-state index in [1.165, 1.54) is 12.1 Å². The molecule has 0 spiro atoms. The fourth-order valence-electron chi connectivity index (χ4n) is 1.76. The second-order valence-electron chi connectivity index (χ2n) is 4.57. The van der Waals surface area contributed by atoms with Gasteiger partial charge in [0.1, 0.15) is 4.60 Å². The maximum atomic E-state index is 12.5. The monoisotopic (exact) mass is 344 g/mol. The highest BCUT2D eigenvalue weighted by atomic mass is 79.9. The van der Waals surface area contributed by atoms with Gasteiger partial charge in [0.05, 0.1) is 16.9 Å². The molecule has 0 unspecified atom stereocenters. The standard InChI is InChI=1S/C14H12BrF3N2/c1-9(2)7-12-8-13(15)19-20(12)11-5-3-10(4-6-11)14(16,17)18/h3-8H,1-2H3. The van der Waals surface area contributed by atoms with Crippen molar-refractivity contribution in [2.24, 2.45) is 0 Å². The Bertz CT molecular complexity index is 635. The van der Waals surface area contributed by atoms with E-state index in [0.717, 1.165) is 23.4 Å². The van der Waals surface area contributed by atoms with Gasteiger partial charge in [-0.1, -0.05) is 5.57 Å². The zero-order valence-corrected chi connectivity index (χ0v) is 12.5. The normalized spacial score (nSPS) is 11.5. The minimum Gasteiger partial charge on any atom is -0.233 e. The van der Waals surface area contributed by atoms with Crippen molar-refractivity contribution in [3.63, 3.8) is 0 Å². The molecule has 1 heterocycles. The van der Waals surface area contributed by atoms with Crippen LogP contribution in [-0.4, -0.2) is 9.78 Å². The van der Waals surface area contributed by atoms with Gasteiger partial charge in [0, 0.05) is 0 Å². The van der Waals surface area contributed by atoms with Gasteiger partial charge < -0.3 is 0 Å². The van der Waals surface area contributed by atoms with Gasteiger partial charge in [-0.25, -0.2) is 4.68 Å². The molecule has 0 saturated heterocycles. The highest BCUT2D eigenvalue weighted by Gasteiger charge is 2.30. The maximum Gasteiger partial charge on any atom is 0.416 e. The smallest absolute Gasteiger partial charge is 0.233 e. The maximum absolute atomic E-state index is 12.5. The van der Waals surface area contributed by atoms with Crippen LogP contribution in [0.5, 0.6) is 0 Å². The number of aromatic nitrogens is 2. The minimum atomic E-state index is -4.33. The number of nitrogens with zero attached hydrogens (tertiary/aromatic N) is 2. The minimum absolute atomic E-state index is 0.580. The second-order valence-corrected chi connectivity index (χ2v) is 5.38. The number of alkyl halides is 3. The predicted octanol–water partition coefficient (Wildman–Crippen LogP) is 5.08. The summed E-state index contributed by atoms with van der Waals surface area (Å²) < 4.78 is 39.8. The van der Waals surface area contributed by atoms with E-state index in [1.54, 1.807) is 4.68 Å². The summed E-state index contributed by atoms with van der Waals surface area (Å²) in [7, 11) is 0. The summed E-state index contributed by atoms with van der Waals surface area (Å²) in [6.07, 6.45) is -2.42. The quantitative estimate of drug-likeness (QED) is 0.743. The van der Waals surface area contributed by atoms with Crippen LogP contribution in [-0.2, 0) is 6.18 Å². The van der Waals surface area contributed by atoms with Crippen molar-refractivity contribution in [2.45, 2.75) is 20.0 Å². The van der Waals surface area contributed by atoms with Crippen LogP contribution >= 0.6 is 15.9 Å². The van der Waals surface area contributed by atoms with Gasteiger partial charge in [-0.3, -0.25) is 0 Å². The number of hydrogen-bond acceptors (Lipinski definition) is 1. The first-order valence-corrected chi connectivity index (χ1v) is 6.65. The van der Waals surface area contributed by atoms with Crippen LogP contribution in [0.25, 0.3) is 11.8 Å². The fourth-order valence-corrected chi connectivity index (χ4v) is 2.16. The van der Waals surface area contributed by atoms with Crippen molar-refractivity contribution < 1.29 is 13.2 Å². The molecular formula is C14H12BrF3N2. The number of benzene rings is 1. The van der Waals surface area contributed by atoms with Gasteiger partial charge >= 0.3 is 6.18 Å². The summed E-state index contributed by atoms with van der Waals surface area (Å²) in [5, 5.41) is 4.23. The van der Waals surface area contributed by atoms with E-state index in [-0.39, 0.29) is 0 Å². The van der Waals surface area contributed by atoms with E-state index in [9.17, 15) is 13.2 Å². The Morgan fingerprint density at radius 3 is 2.30 bits per heavy atom. The molecule has 2 nitrogen and oxygen atoms in total. The molecule has 2 rings (SSSR count). The van der Waals surface area contributed by atoms with Crippen LogP contribution in [0.1, 0.15) is 25.1 Å². The molecular weight excluding hydrogens is 333 g/mol. The summed E-state index contributed by atoms with van der Waals surface area (Å²) in [5.41, 5.74) is 1.79. The molecule has 20 heavy (non-hydrogen) atoms. The molecule has 0 radical (unpaired) electrons. The lowest BCUT2D eigenvalue weighted by Gasteiger charge is -2.09. The topological polar surface area (TPSA) is 17.8 Å². The van der Waals surface area contributed by atoms with Crippen molar-refractivity contribution >= 4 is 22.0 Å². The number of hydrogen-bond donors (Lipinski definition) is 0. The number of rotatable bonds is 2. The lowest BCUT2D eigenvalue weighted by molar-refractivity contribution is -0.137. The Kier molecular flexibility index (Phi) is 4.04. The Hall–Kier alpha value is -1.56. The van der Waals surface area contributed by atoms with Crippen LogP contribution < -0.4 is 0 Å². The van der Waals surface area contributed by atoms with Gasteiger partial charge in [-0.15, -0.1) is 0 Å². The van der Waals surface area contributed by atoms with Gasteiger partial charge in [0.25, 0.3) is 0 Å². The van der Waals surface area contributed by atoms with Crippen LogP contribution in [0, 0.1) is 0 Å². The van der Waals surface area contributed by atoms with Crippen molar-refractivity contribution in [1.82, 2.24) is 9.78 Å². The van der Waals surface area contributed by atoms with E-state index in [0.29, 0.717) is 10.3 Å². The molecule has 1 aromatic heterocycles. The van der Waals surface area contributed by atoms with Crippen molar-refractivity contribution in [2.75, 3.05) is 0 Å². The molecule has 0 aliphatic heterocycles. The van der Waals surface area contributed by atoms with Crippen molar-refractivity contribution in [3.8, 4) is 5.69 Å². The largest absolute Gasteiger partial charge is 0.416 e. The third-order valence-electron chi connectivity index (χ3n) is 2.58. The molecule has 0 N–H and O–H groups in total. The second kappa shape index (κ2) is 5.44. The Morgan fingerprint density at radius 2 is 1.80 bits per heavy atom. The molecule has 0 fully saturated rings. The molecule has 0 atom stereocenters. The fraction of sp³-hybridized carbons (Fsp3) is 0.214. The van der Waals surface area contributed by atoms with E-state index in [1.807, 2.05) is 26.0 Å². The molecule has 0 aliphatic carbocycles. The van der Waals surface area contributed by atoms with E-state index >= 15 is 0 Å². The first-order valence-electron chi connectivity index (χ1n) is 5.85. The molecule has 6 heteroatoms. The van der Waals surface area contributed by atoms with E-state index < -0.39 is 11.7 Å². The first-order chi connectivity index (χ1) is 9.27. The van der Waals surface area contributed by atoms with Gasteiger partial charge in [-0.2, -0.15) is 18.3 Å². The Labute approximate surface area is 123 Å². The molecule has 1 aromatic carbocycles. The van der Waals surface area contributed by atoms with E-state index in [4.69, 9.17) is 0 Å². The van der Waals surface area contributed by atoms with Gasteiger partial charge in [0.2, 0.25) is 0 Å². The number of allylic oxidation sites excluding steroid dienone is 1. The molecule has 2 aromatic rings. The Balaban J connectivity index is 2.44. The molecule has 0 saturated carbocycles. The third kappa shape index (κ3) is 3.30. The molecule has 106 valence electrons. The first kappa shape index (κ1) is 14.8. The van der Waals surface area contributed by atoms with Crippen LogP contribution in [0.15, 0.2) is 40.5 Å². The molecule has 0 bridgehead atoms. The average molecular weight is 345 g/mol. The summed E-state index contributed by atoms with van der Waals surface area (Å²) >= 11 is 3.28. The zero-order chi connectivity index (χ0) is 14.9. The Morgan fingerprint density at radius 1 is 1.20 bits per heavy atom. The van der Waals surface area contributed by atoms with E-state index in [2.05, 4.69) is 21.0 Å². The van der Waals surface area contributed by atoms with Crippen LogP contribution in [0.4, 0.5) is 13.2 Å². The molecule has 0 aliphatic rings. The van der Waals surface area contributed by atoms with Gasteiger partial charge in [0.15, 0.2) is 0 Å². The number of halogens is 4. The highest BCUT2D eigenvalue weighted by molar-refractivity contribution is 9.10. The van der Waals surface area contributed by atoms with Gasteiger partial charge in [-0.05, 0) is 66.2 Å². The summed E-state index contributed by atoms with van der Waals surface area (Å²) in [6.45, 7) is 3.88. The van der Waals surface area contributed by atoms with Crippen molar-refractivity contribution in [1.29, 1.82) is 0 Å². The lowest BCUT2D eigenvalue weighted by atomic mass is 10.2. The highest BCUT2D eigenvalue weighted by Crippen LogP contribution is 2.30. The lowest BCUT2D eigenvalue weighted by Crippen LogP contribution is -2.05. The van der Waals surface area contributed by atoms with Crippen LogP contribution in [0.3, 0.4) is 0 Å². The summed E-state index contributed by atoms with van der Waals surface area (Å²) in [4.78, 5) is 0. The zero-order valence-electron chi connectivity index (χ0n) is 10.9. The summed E-state index contributed by atoms with van der Waals surface area (Å²) in [6, 6.07) is 6.73. The van der Waals surface area contributed by atoms with Crippen LogP contribution in [0.2, 0.25) is 0 Å². The third-order valence-corrected chi connectivity index (χ3v) is 2.97. The summed E-state index contributed by atoms with van der Waals surface area (Å²) in [5.74, 6) is 0. The SMILES string of the molecule is CC(C)=Cc1cc(Br)nn1-c1ccc(C(F)(F)F)cc1. The average Bonchev–Trinajstić information content (AvgIpc) is 2.68. The molecule has 0 amide bonds. The van der Waals surface area contributed by atoms with Crippen molar-refractivity contribution in [3.05, 3.63) is 51.8 Å².